The van der Waals surface area contributed by atoms with Crippen LogP contribution in [0, 0.1) is 5.92 Å². The first-order valence-electron chi connectivity index (χ1n) is 10.3. The first-order valence-corrected chi connectivity index (χ1v) is 10.3. The van der Waals surface area contributed by atoms with Crippen molar-refractivity contribution < 1.29 is 9.59 Å². The molecule has 3 rings (SSSR count). The van der Waals surface area contributed by atoms with Crippen LogP contribution in [0.4, 0.5) is 0 Å². The van der Waals surface area contributed by atoms with Crippen molar-refractivity contribution in [2.45, 2.75) is 70.3 Å². The summed E-state index contributed by atoms with van der Waals surface area (Å²) >= 11 is 0. The zero-order valence-corrected chi connectivity index (χ0v) is 15.8. The van der Waals surface area contributed by atoms with Crippen molar-refractivity contribution in [3.8, 4) is 0 Å². The van der Waals surface area contributed by atoms with Gasteiger partial charge >= 0.3 is 0 Å². The van der Waals surface area contributed by atoms with Gasteiger partial charge < -0.3 is 10.2 Å². The molecular formula is C22H32N2O2. The van der Waals surface area contributed by atoms with Gasteiger partial charge in [-0.2, -0.15) is 0 Å². The zero-order valence-electron chi connectivity index (χ0n) is 15.8. The fourth-order valence-electron chi connectivity index (χ4n) is 4.27. The Morgan fingerprint density at radius 2 is 1.65 bits per heavy atom. The number of carbonyl (C=O) groups is 2. The molecule has 0 unspecified atom stereocenters. The molecule has 0 radical (unpaired) electrons. The van der Waals surface area contributed by atoms with E-state index in [-0.39, 0.29) is 17.9 Å². The highest BCUT2D eigenvalue weighted by molar-refractivity contribution is 5.79. The van der Waals surface area contributed by atoms with E-state index in [0.717, 1.165) is 43.8 Å². The van der Waals surface area contributed by atoms with E-state index in [0.29, 0.717) is 12.8 Å². The van der Waals surface area contributed by atoms with E-state index in [1.165, 1.54) is 32.1 Å². The topological polar surface area (TPSA) is 49.4 Å². The standard InChI is InChI=1S/C22H32N2O2/c25-21(12-11-18-7-3-1-4-8-18)23-20-13-15-24(16-14-20)22(26)17-19-9-5-2-6-10-19/h2,5-6,9-10,18,20H,1,3-4,7-8,11-17H2,(H,23,25). The molecule has 1 aromatic carbocycles. The molecular weight excluding hydrogens is 324 g/mol. The quantitative estimate of drug-likeness (QED) is 0.845. The lowest BCUT2D eigenvalue weighted by Crippen LogP contribution is -2.47. The summed E-state index contributed by atoms with van der Waals surface area (Å²) in [5.41, 5.74) is 1.07. The summed E-state index contributed by atoms with van der Waals surface area (Å²) in [5.74, 6) is 1.15. The molecule has 1 saturated carbocycles. The Morgan fingerprint density at radius 3 is 2.35 bits per heavy atom. The van der Waals surface area contributed by atoms with Crippen molar-refractivity contribution >= 4 is 11.8 Å². The van der Waals surface area contributed by atoms with E-state index in [4.69, 9.17) is 0 Å². The number of nitrogens with one attached hydrogen (secondary N) is 1. The third kappa shape index (κ3) is 5.86. The molecule has 1 saturated heterocycles. The summed E-state index contributed by atoms with van der Waals surface area (Å²) in [6.07, 6.45) is 10.6. The average molecular weight is 357 g/mol. The van der Waals surface area contributed by atoms with Gasteiger partial charge in [-0.05, 0) is 30.7 Å². The molecule has 1 N–H and O–H groups in total. The Kier molecular flexibility index (Phi) is 7.10. The van der Waals surface area contributed by atoms with Gasteiger partial charge in [0.15, 0.2) is 0 Å². The van der Waals surface area contributed by atoms with Crippen molar-refractivity contribution in [2.75, 3.05) is 13.1 Å². The van der Waals surface area contributed by atoms with Gasteiger partial charge in [0, 0.05) is 25.6 Å². The summed E-state index contributed by atoms with van der Waals surface area (Å²) < 4.78 is 0. The van der Waals surface area contributed by atoms with Crippen molar-refractivity contribution in [1.82, 2.24) is 10.2 Å². The summed E-state index contributed by atoms with van der Waals surface area (Å²) in [6.45, 7) is 1.50. The number of rotatable bonds is 6. The van der Waals surface area contributed by atoms with Crippen LogP contribution in [-0.2, 0) is 16.0 Å². The number of carbonyl (C=O) groups excluding carboxylic acids is 2. The second-order valence-corrected chi connectivity index (χ2v) is 7.93. The van der Waals surface area contributed by atoms with Crippen LogP contribution in [-0.4, -0.2) is 35.8 Å². The molecule has 2 fully saturated rings. The molecule has 2 aliphatic rings. The van der Waals surface area contributed by atoms with Gasteiger partial charge in [-0.25, -0.2) is 0 Å². The van der Waals surface area contributed by atoms with Gasteiger partial charge in [0.1, 0.15) is 0 Å². The Balaban J connectivity index is 1.34. The van der Waals surface area contributed by atoms with Crippen LogP contribution in [0.5, 0.6) is 0 Å². The normalized spacial score (nSPS) is 19.3. The third-order valence-corrected chi connectivity index (χ3v) is 5.92. The van der Waals surface area contributed by atoms with Crippen molar-refractivity contribution in [3.63, 3.8) is 0 Å². The minimum absolute atomic E-state index is 0.193. The number of benzene rings is 1. The maximum absolute atomic E-state index is 12.4. The van der Waals surface area contributed by atoms with Crippen molar-refractivity contribution in [2.24, 2.45) is 5.92 Å². The molecule has 1 aliphatic carbocycles. The number of amides is 2. The van der Waals surface area contributed by atoms with E-state index in [2.05, 4.69) is 5.32 Å². The number of hydrogen-bond acceptors (Lipinski definition) is 2. The summed E-state index contributed by atoms with van der Waals surface area (Å²) in [6, 6.07) is 10.1. The second kappa shape index (κ2) is 9.75. The number of hydrogen-bond donors (Lipinski definition) is 1. The largest absolute Gasteiger partial charge is 0.353 e. The molecule has 1 aliphatic heterocycles. The van der Waals surface area contributed by atoms with Gasteiger partial charge in [-0.1, -0.05) is 62.4 Å². The SMILES string of the molecule is O=C(CCC1CCCCC1)NC1CCN(C(=O)Cc2ccccc2)CC1. The van der Waals surface area contributed by atoms with Gasteiger partial charge in [-0.3, -0.25) is 9.59 Å². The zero-order chi connectivity index (χ0) is 18.2. The third-order valence-electron chi connectivity index (χ3n) is 5.92. The number of likely N-dealkylation sites (tertiary alicyclic amines) is 1. The smallest absolute Gasteiger partial charge is 0.226 e. The number of nitrogens with zero attached hydrogens (tertiary/aromatic N) is 1. The van der Waals surface area contributed by atoms with Crippen LogP contribution < -0.4 is 5.32 Å². The highest BCUT2D eigenvalue weighted by Gasteiger charge is 2.24. The van der Waals surface area contributed by atoms with Crippen molar-refractivity contribution in [1.29, 1.82) is 0 Å². The first kappa shape index (κ1) is 18.9. The Labute approximate surface area is 157 Å². The fourth-order valence-corrected chi connectivity index (χ4v) is 4.27. The molecule has 0 aromatic heterocycles. The summed E-state index contributed by atoms with van der Waals surface area (Å²) in [5, 5.41) is 3.19. The minimum Gasteiger partial charge on any atom is -0.353 e. The molecule has 1 aromatic rings. The lowest BCUT2D eigenvalue weighted by Gasteiger charge is -2.32. The first-order chi connectivity index (χ1) is 12.7. The molecule has 4 nitrogen and oxygen atoms in total. The van der Waals surface area contributed by atoms with E-state index in [1.54, 1.807) is 0 Å². The van der Waals surface area contributed by atoms with E-state index in [1.807, 2.05) is 35.2 Å². The maximum Gasteiger partial charge on any atom is 0.226 e. The van der Waals surface area contributed by atoms with Gasteiger partial charge in [0.25, 0.3) is 0 Å². The molecule has 0 atom stereocenters. The monoisotopic (exact) mass is 356 g/mol. The van der Waals surface area contributed by atoms with Crippen molar-refractivity contribution in [3.05, 3.63) is 35.9 Å². The van der Waals surface area contributed by atoms with Crippen LogP contribution in [0.25, 0.3) is 0 Å². The molecule has 2 amide bonds. The van der Waals surface area contributed by atoms with Crippen LogP contribution >= 0.6 is 0 Å². The molecule has 26 heavy (non-hydrogen) atoms. The van der Waals surface area contributed by atoms with Gasteiger partial charge in [-0.15, -0.1) is 0 Å². The molecule has 1 heterocycles. The highest BCUT2D eigenvalue weighted by atomic mass is 16.2. The van der Waals surface area contributed by atoms with Crippen LogP contribution in [0.15, 0.2) is 30.3 Å². The minimum atomic E-state index is 0.193. The lowest BCUT2D eigenvalue weighted by atomic mass is 9.86. The predicted molar refractivity (Wildman–Crippen MR) is 104 cm³/mol. The van der Waals surface area contributed by atoms with Gasteiger partial charge in [0.2, 0.25) is 11.8 Å². The molecule has 0 bridgehead atoms. The highest BCUT2D eigenvalue weighted by Crippen LogP contribution is 2.27. The van der Waals surface area contributed by atoms with E-state index >= 15 is 0 Å². The van der Waals surface area contributed by atoms with Crippen LogP contribution in [0.1, 0.15) is 63.4 Å². The van der Waals surface area contributed by atoms with E-state index in [9.17, 15) is 9.59 Å². The van der Waals surface area contributed by atoms with Crippen LogP contribution in [0.2, 0.25) is 0 Å². The predicted octanol–water partition coefficient (Wildman–Crippen LogP) is 3.70. The molecule has 4 heteroatoms. The average Bonchev–Trinajstić information content (AvgIpc) is 2.68. The Bertz CT molecular complexity index is 573. The summed E-state index contributed by atoms with van der Waals surface area (Å²) in [7, 11) is 0. The van der Waals surface area contributed by atoms with Gasteiger partial charge in [0.05, 0.1) is 6.42 Å². The lowest BCUT2D eigenvalue weighted by molar-refractivity contribution is -0.131. The second-order valence-electron chi connectivity index (χ2n) is 7.93. The van der Waals surface area contributed by atoms with Crippen LogP contribution in [0.3, 0.4) is 0 Å². The maximum atomic E-state index is 12.4. The molecule has 0 spiro atoms. The Hall–Kier alpha value is -1.84. The fraction of sp³-hybridized carbons (Fsp3) is 0.636. The molecule has 142 valence electrons. The Morgan fingerprint density at radius 1 is 0.962 bits per heavy atom. The van der Waals surface area contributed by atoms with E-state index < -0.39 is 0 Å². The summed E-state index contributed by atoms with van der Waals surface area (Å²) in [4.78, 5) is 26.6. The number of piperidine rings is 1.